The van der Waals surface area contributed by atoms with Gasteiger partial charge >= 0.3 is 0 Å². The molecule has 0 saturated heterocycles. The maximum atomic E-state index is 12.3. The van der Waals surface area contributed by atoms with Gasteiger partial charge in [-0.3, -0.25) is 4.79 Å². The first kappa shape index (κ1) is 16.3. The molecule has 0 atom stereocenters. The van der Waals surface area contributed by atoms with Gasteiger partial charge in [-0.05, 0) is 30.7 Å². The maximum Gasteiger partial charge on any atom is 0.193 e. The average molecular weight is 321 g/mol. The molecule has 0 saturated carbocycles. The van der Waals surface area contributed by atoms with Gasteiger partial charge in [0.25, 0.3) is 0 Å². The van der Waals surface area contributed by atoms with Crippen LogP contribution in [0.1, 0.15) is 32.6 Å². The summed E-state index contributed by atoms with van der Waals surface area (Å²) in [4.78, 5) is 12.3. The molecule has 0 aliphatic rings. The highest BCUT2D eigenvalue weighted by atomic mass is 16.3. The molecule has 3 aromatic rings. The molecule has 0 bridgehead atoms. The first-order valence-corrected chi connectivity index (χ1v) is 8.65. The minimum absolute atomic E-state index is 0.00946. The van der Waals surface area contributed by atoms with Crippen LogP contribution in [0.2, 0.25) is 0 Å². The van der Waals surface area contributed by atoms with Crippen molar-refractivity contribution in [1.82, 2.24) is 0 Å². The van der Waals surface area contributed by atoms with Crippen molar-refractivity contribution in [3.8, 4) is 11.3 Å². The monoisotopic (exact) mass is 321 g/mol. The lowest BCUT2D eigenvalue weighted by molar-refractivity contribution is 0.619. The summed E-state index contributed by atoms with van der Waals surface area (Å²) in [5, 5.41) is 4.06. The number of nitrogens with one attached hydrogen (secondary N) is 1. The van der Waals surface area contributed by atoms with Crippen LogP contribution < -0.4 is 10.7 Å². The predicted molar refractivity (Wildman–Crippen MR) is 101 cm³/mol. The molecule has 0 aliphatic heterocycles. The Morgan fingerprint density at radius 2 is 1.83 bits per heavy atom. The van der Waals surface area contributed by atoms with Crippen molar-refractivity contribution in [3.05, 3.63) is 64.8 Å². The van der Waals surface area contributed by atoms with Gasteiger partial charge in [-0.15, -0.1) is 0 Å². The van der Waals surface area contributed by atoms with Crippen LogP contribution in [0, 0.1) is 0 Å². The molecule has 124 valence electrons. The van der Waals surface area contributed by atoms with Crippen LogP contribution in [0.3, 0.4) is 0 Å². The summed E-state index contributed by atoms with van der Waals surface area (Å²) in [6, 6.07) is 17.0. The highest BCUT2D eigenvalue weighted by Crippen LogP contribution is 2.24. The van der Waals surface area contributed by atoms with E-state index in [-0.39, 0.29) is 5.43 Å². The lowest BCUT2D eigenvalue weighted by atomic mass is 10.1. The number of hydrogen-bond acceptors (Lipinski definition) is 3. The Balaban J connectivity index is 1.80. The number of para-hydroxylation sites is 1. The van der Waals surface area contributed by atoms with E-state index in [1.807, 2.05) is 42.5 Å². The molecule has 3 heteroatoms. The fourth-order valence-electron chi connectivity index (χ4n) is 2.81. The summed E-state index contributed by atoms with van der Waals surface area (Å²) in [6.45, 7) is 3.18. The first-order chi connectivity index (χ1) is 11.8. The molecular weight excluding hydrogens is 298 g/mol. The van der Waals surface area contributed by atoms with Gasteiger partial charge in [0.2, 0.25) is 0 Å². The molecule has 0 fully saturated rings. The topological polar surface area (TPSA) is 42.2 Å². The Hall–Kier alpha value is -2.55. The largest absolute Gasteiger partial charge is 0.456 e. The van der Waals surface area contributed by atoms with E-state index in [1.165, 1.54) is 25.7 Å². The third-order valence-electron chi connectivity index (χ3n) is 4.14. The van der Waals surface area contributed by atoms with Gasteiger partial charge in [0.15, 0.2) is 5.43 Å². The molecule has 0 spiro atoms. The predicted octanol–water partition coefficient (Wildman–Crippen LogP) is 5.45. The normalized spacial score (nSPS) is 10.9. The molecule has 1 heterocycles. The number of hydrogen-bond donors (Lipinski definition) is 1. The van der Waals surface area contributed by atoms with Crippen LogP contribution >= 0.6 is 0 Å². The van der Waals surface area contributed by atoms with E-state index < -0.39 is 0 Å². The van der Waals surface area contributed by atoms with Gasteiger partial charge in [0.1, 0.15) is 11.3 Å². The Morgan fingerprint density at radius 1 is 0.958 bits per heavy atom. The van der Waals surface area contributed by atoms with E-state index in [1.54, 1.807) is 12.1 Å². The third-order valence-corrected chi connectivity index (χ3v) is 4.14. The second-order valence-corrected chi connectivity index (χ2v) is 6.04. The van der Waals surface area contributed by atoms with E-state index in [9.17, 15) is 4.79 Å². The number of anilines is 1. The third kappa shape index (κ3) is 3.85. The summed E-state index contributed by atoms with van der Waals surface area (Å²) in [5.74, 6) is 0.605. The molecular formula is C21H23NO2. The molecule has 1 aromatic heterocycles. The Kier molecular flexibility index (Phi) is 5.32. The number of rotatable bonds is 7. The van der Waals surface area contributed by atoms with Crippen LogP contribution in [0.4, 0.5) is 5.69 Å². The van der Waals surface area contributed by atoms with Gasteiger partial charge in [-0.25, -0.2) is 0 Å². The molecule has 0 unspecified atom stereocenters. The molecule has 24 heavy (non-hydrogen) atoms. The SMILES string of the molecule is CCCCCCNc1cccc(-c2cc(=O)c3ccccc3o2)c1. The zero-order valence-corrected chi connectivity index (χ0v) is 14.0. The Labute approximate surface area is 142 Å². The van der Waals surface area contributed by atoms with E-state index in [2.05, 4.69) is 12.2 Å². The van der Waals surface area contributed by atoms with Crippen LogP contribution in [0.25, 0.3) is 22.3 Å². The molecule has 0 aliphatic carbocycles. The van der Waals surface area contributed by atoms with Crippen molar-refractivity contribution in [3.63, 3.8) is 0 Å². The lowest BCUT2D eigenvalue weighted by Gasteiger charge is -2.08. The molecule has 3 nitrogen and oxygen atoms in total. The zero-order valence-electron chi connectivity index (χ0n) is 14.0. The van der Waals surface area contributed by atoms with Crippen molar-refractivity contribution in [1.29, 1.82) is 0 Å². The van der Waals surface area contributed by atoms with Gasteiger partial charge in [0.05, 0.1) is 5.39 Å². The molecule has 0 radical (unpaired) electrons. The van der Waals surface area contributed by atoms with Crippen molar-refractivity contribution in [2.24, 2.45) is 0 Å². The molecule has 3 rings (SSSR count). The minimum Gasteiger partial charge on any atom is -0.456 e. The molecule has 1 N–H and O–H groups in total. The van der Waals surface area contributed by atoms with E-state index in [0.29, 0.717) is 16.7 Å². The number of benzene rings is 2. The summed E-state index contributed by atoms with van der Waals surface area (Å²) >= 11 is 0. The highest BCUT2D eigenvalue weighted by molar-refractivity contribution is 5.78. The minimum atomic E-state index is -0.00946. The number of unbranched alkanes of at least 4 members (excludes halogenated alkanes) is 3. The molecule has 2 aromatic carbocycles. The quantitative estimate of drug-likeness (QED) is 0.588. The fourth-order valence-corrected chi connectivity index (χ4v) is 2.81. The van der Waals surface area contributed by atoms with E-state index in [4.69, 9.17) is 4.42 Å². The van der Waals surface area contributed by atoms with Crippen LogP contribution in [-0.4, -0.2) is 6.54 Å². The van der Waals surface area contributed by atoms with Crippen molar-refractivity contribution >= 4 is 16.7 Å². The highest BCUT2D eigenvalue weighted by Gasteiger charge is 2.07. The summed E-state index contributed by atoms with van der Waals surface area (Å²) in [7, 11) is 0. The Morgan fingerprint density at radius 3 is 2.71 bits per heavy atom. The van der Waals surface area contributed by atoms with Crippen molar-refractivity contribution < 1.29 is 4.42 Å². The summed E-state index contributed by atoms with van der Waals surface area (Å²) < 4.78 is 5.91. The van der Waals surface area contributed by atoms with Crippen molar-refractivity contribution in [2.75, 3.05) is 11.9 Å². The van der Waals surface area contributed by atoms with Crippen LogP contribution in [0.5, 0.6) is 0 Å². The van der Waals surface area contributed by atoms with Crippen LogP contribution in [-0.2, 0) is 0 Å². The van der Waals surface area contributed by atoms with E-state index >= 15 is 0 Å². The summed E-state index contributed by atoms with van der Waals surface area (Å²) in [6.07, 6.45) is 4.95. The van der Waals surface area contributed by atoms with Gasteiger partial charge in [0, 0.05) is 23.9 Å². The lowest BCUT2D eigenvalue weighted by Crippen LogP contribution is -2.02. The second kappa shape index (κ2) is 7.82. The molecule has 0 amide bonds. The average Bonchev–Trinajstić information content (AvgIpc) is 2.62. The maximum absolute atomic E-state index is 12.3. The van der Waals surface area contributed by atoms with E-state index in [0.717, 1.165) is 17.8 Å². The second-order valence-electron chi connectivity index (χ2n) is 6.04. The number of fused-ring (bicyclic) bond motifs is 1. The van der Waals surface area contributed by atoms with Gasteiger partial charge in [-0.2, -0.15) is 0 Å². The summed E-state index contributed by atoms with van der Waals surface area (Å²) in [5.41, 5.74) is 2.58. The van der Waals surface area contributed by atoms with Gasteiger partial charge < -0.3 is 9.73 Å². The Bertz CT molecular complexity index is 867. The fraction of sp³-hybridized carbons (Fsp3) is 0.286. The standard InChI is InChI=1S/C21H23NO2/c1-2-3-4-7-13-22-17-10-8-9-16(14-17)21-15-19(23)18-11-5-6-12-20(18)24-21/h5-6,8-12,14-15,22H,2-4,7,13H2,1H3. The first-order valence-electron chi connectivity index (χ1n) is 8.65. The van der Waals surface area contributed by atoms with Crippen molar-refractivity contribution in [2.45, 2.75) is 32.6 Å². The van der Waals surface area contributed by atoms with Crippen LogP contribution in [0.15, 0.2) is 63.8 Å². The smallest absolute Gasteiger partial charge is 0.193 e. The van der Waals surface area contributed by atoms with Gasteiger partial charge in [-0.1, -0.05) is 50.5 Å². The zero-order chi connectivity index (χ0) is 16.8.